The summed E-state index contributed by atoms with van der Waals surface area (Å²) in [7, 11) is 0. The van der Waals surface area contributed by atoms with Crippen LogP contribution >= 0.6 is 0 Å². The second-order valence-corrected chi connectivity index (χ2v) is 3.94. The first kappa shape index (κ1) is 11.0. The molecule has 1 saturated heterocycles. The molecule has 2 heterocycles. The summed E-state index contributed by atoms with van der Waals surface area (Å²) < 4.78 is 0. The fourth-order valence-electron chi connectivity index (χ4n) is 1.87. The molecule has 86 valence electrons. The number of carboxylic acids is 1. The average Bonchev–Trinajstić information content (AvgIpc) is 2.30. The highest BCUT2D eigenvalue weighted by molar-refractivity contribution is 5.73. The molecule has 1 atom stereocenters. The van der Waals surface area contributed by atoms with E-state index in [0.29, 0.717) is 6.54 Å². The minimum atomic E-state index is -0.782. The molecule has 0 unspecified atom stereocenters. The molecule has 1 aromatic heterocycles. The summed E-state index contributed by atoms with van der Waals surface area (Å²) in [6, 6.07) is 3.45. The standard InChI is InChI=1S/C11H15N3O2/c15-11(16)10-8-14(5-4-13-10)7-9-2-1-3-12-6-9/h1-3,6,10,13H,4-5,7-8H2,(H,15,16)/t10-/m1/s1. The molecule has 0 bridgehead atoms. The number of nitrogens with zero attached hydrogens (tertiary/aromatic N) is 2. The van der Waals surface area contributed by atoms with Gasteiger partial charge in [-0.2, -0.15) is 0 Å². The quantitative estimate of drug-likeness (QED) is 0.748. The highest BCUT2D eigenvalue weighted by Crippen LogP contribution is 2.06. The van der Waals surface area contributed by atoms with E-state index in [0.717, 1.165) is 25.2 Å². The first-order chi connectivity index (χ1) is 7.75. The van der Waals surface area contributed by atoms with Crippen LogP contribution in [-0.2, 0) is 11.3 Å². The SMILES string of the molecule is O=C(O)[C@H]1CN(Cc2cccnc2)CCN1. The van der Waals surface area contributed by atoms with Gasteiger partial charge in [0.2, 0.25) is 0 Å². The van der Waals surface area contributed by atoms with Crippen LogP contribution in [0.15, 0.2) is 24.5 Å². The number of hydrogen-bond donors (Lipinski definition) is 2. The Morgan fingerprint density at radius 1 is 1.69 bits per heavy atom. The lowest BCUT2D eigenvalue weighted by atomic mass is 10.2. The van der Waals surface area contributed by atoms with Crippen LogP contribution < -0.4 is 5.32 Å². The second kappa shape index (κ2) is 5.05. The minimum Gasteiger partial charge on any atom is -0.480 e. The van der Waals surface area contributed by atoms with Crippen molar-refractivity contribution >= 4 is 5.97 Å². The molecule has 16 heavy (non-hydrogen) atoms. The van der Waals surface area contributed by atoms with E-state index in [2.05, 4.69) is 15.2 Å². The molecule has 0 amide bonds. The van der Waals surface area contributed by atoms with Crippen molar-refractivity contribution in [2.75, 3.05) is 19.6 Å². The van der Waals surface area contributed by atoms with Crippen molar-refractivity contribution in [3.05, 3.63) is 30.1 Å². The van der Waals surface area contributed by atoms with Crippen LogP contribution in [0.2, 0.25) is 0 Å². The summed E-state index contributed by atoms with van der Waals surface area (Å²) in [4.78, 5) is 17.0. The Labute approximate surface area is 94.1 Å². The van der Waals surface area contributed by atoms with Crippen molar-refractivity contribution in [3.8, 4) is 0 Å². The zero-order valence-corrected chi connectivity index (χ0v) is 8.97. The van der Waals surface area contributed by atoms with Gasteiger partial charge in [0, 0.05) is 38.6 Å². The number of hydrogen-bond acceptors (Lipinski definition) is 4. The molecule has 1 aliphatic heterocycles. The van der Waals surface area contributed by atoms with Crippen LogP contribution in [0.1, 0.15) is 5.56 Å². The van der Waals surface area contributed by atoms with E-state index in [1.54, 1.807) is 6.20 Å². The topological polar surface area (TPSA) is 65.5 Å². The van der Waals surface area contributed by atoms with Crippen LogP contribution in [0.5, 0.6) is 0 Å². The number of aliphatic carboxylic acids is 1. The first-order valence-corrected chi connectivity index (χ1v) is 5.33. The maximum Gasteiger partial charge on any atom is 0.322 e. The summed E-state index contributed by atoms with van der Waals surface area (Å²) in [6.07, 6.45) is 3.55. The van der Waals surface area contributed by atoms with E-state index >= 15 is 0 Å². The van der Waals surface area contributed by atoms with Gasteiger partial charge in [-0.15, -0.1) is 0 Å². The zero-order valence-electron chi connectivity index (χ0n) is 8.97. The molecular weight excluding hydrogens is 206 g/mol. The largest absolute Gasteiger partial charge is 0.480 e. The van der Waals surface area contributed by atoms with Crippen LogP contribution in [0.4, 0.5) is 0 Å². The second-order valence-electron chi connectivity index (χ2n) is 3.94. The van der Waals surface area contributed by atoms with Gasteiger partial charge in [-0.1, -0.05) is 6.07 Å². The predicted molar refractivity (Wildman–Crippen MR) is 58.9 cm³/mol. The Kier molecular flexibility index (Phi) is 3.48. The van der Waals surface area contributed by atoms with Gasteiger partial charge >= 0.3 is 5.97 Å². The van der Waals surface area contributed by atoms with E-state index < -0.39 is 12.0 Å². The third-order valence-corrected chi connectivity index (χ3v) is 2.69. The number of rotatable bonds is 3. The summed E-state index contributed by atoms with van der Waals surface area (Å²) in [5, 5.41) is 11.9. The number of aromatic nitrogens is 1. The van der Waals surface area contributed by atoms with Gasteiger partial charge in [-0.05, 0) is 11.6 Å². The average molecular weight is 221 g/mol. The summed E-state index contributed by atoms with van der Waals surface area (Å²) in [5.74, 6) is -0.782. The lowest BCUT2D eigenvalue weighted by Gasteiger charge is -2.31. The monoisotopic (exact) mass is 221 g/mol. The van der Waals surface area contributed by atoms with Gasteiger partial charge in [0.05, 0.1) is 0 Å². The smallest absolute Gasteiger partial charge is 0.322 e. The van der Waals surface area contributed by atoms with Crippen molar-refractivity contribution in [2.24, 2.45) is 0 Å². The van der Waals surface area contributed by atoms with Gasteiger partial charge in [0.1, 0.15) is 6.04 Å². The van der Waals surface area contributed by atoms with E-state index in [1.165, 1.54) is 0 Å². The highest BCUT2D eigenvalue weighted by Gasteiger charge is 2.24. The molecule has 0 aromatic carbocycles. The highest BCUT2D eigenvalue weighted by atomic mass is 16.4. The molecule has 5 nitrogen and oxygen atoms in total. The minimum absolute atomic E-state index is 0.453. The predicted octanol–water partition coefficient (Wildman–Crippen LogP) is -0.0600. The molecule has 1 aliphatic rings. The fraction of sp³-hybridized carbons (Fsp3) is 0.455. The van der Waals surface area contributed by atoms with Crippen LogP contribution in [0.3, 0.4) is 0 Å². The molecule has 2 rings (SSSR count). The number of pyridine rings is 1. The number of carboxylic acid groups (broad SMARTS) is 1. The lowest BCUT2D eigenvalue weighted by Crippen LogP contribution is -2.53. The van der Waals surface area contributed by atoms with E-state index in [1.807, 2.05) is 18.3 Å². The lowest BCUT2D eigenvalue weighted by molar-refractivity contribution is -0.140. The number of piperazine rings is 1. The van der Waals surface area contributed by atoms with Crippen molar-refractivity contribution < 1.29 is 9.90 Å². The zero-order chi connectivity index (χ0) is 11.4. The molecule has 1 fully saturated rings. The molecule has 1 aromatic rings. The maximum atomic E-state index is 10.9. The van der Waals surface area contributed by atoms with Gasteiger partial charge in [-0.3, -0.25) is 14.7 Å². The van der Waals surface area contributed by atoms with Crippen LogP contribution in [0, 0.1) is 0 Å². The van der Waals surface area contributed by atoms with Gasteiger partial charge in [-0.25, -0.2) is 0 Å². The van der Waals surface area contributed by atoms with E-state index in [9.17, 15) is 4.79 Å². The first-order valence-electron chi connectivity index (χ1n) is 5.33. The third kappa shape index (κ3) is 2.77. The summed E-state index contributed by atoms with van der Waals surface area (Å²) in [6.45, 7) is 2.90. The molecule has 0 saturated carbocycles. The van der Waals surface area contributed by atoms with Crippen molar-refractivity contribution in [1.29, 1.82) is 0 Å². The molecule has 0 spiro atoms. The van der Waals surface area contributed by atoms with Crippen LogP contribution in [-0.4, -0.2) is 46.6 Å². The maximum absolute atomic E-state index is 10.9. The Morgan fingerprint density at radius 2 is 2.56 bits per heavy atom. The summed E-state index contributed by atoms with van der Waals surface area (Å²) in [5.41, 5.74) is 1.12. The Bertz CT molecular complexity index is 356. The third-order valence-electron chi connectivity index (χ3n) is 2.69. The summed E-state index contributed by atoms with van der Waals surface area (Å²) >= 11 is 0. The Hall–Kier alpha value is -1.46. The fourth-order valence-corrected chi connectivity index (χ4v) is 1.87. The Morgan fingerprint density at radius 3 is 3.25 bits per heavy atom. The van der Waals surface area contributed by atoms with E-state index in [4.69, 9.17) is 5.11 Å². The van der Waals surface area contributed by atoms with Crippen molar-refractivity contribution in [3.63, 3.8) is 0 Å². The molecule has 0 aliphatic carbocycles. The molecule has 5 heteroatoms. The van der Waals surface area contributed by atoms with Crippen molar-refractivity contribution in [2.45, 2.75) is 12.6 Å². The molecule has 0 radical (unpaired) electrons. The Balaban J connectivity index is 1.93. The van der Waals surface area contributed by atoms with Gasteiger partial charge in [0.15, 0.2) is 0 Å². The normalized spacial score (nSPS) is 21.9. The van der Waals surface area contributed by atoms with Crippen LogP contribution in [0.25, 0.3) is 0 Å². The molecular formula is C11H15N3O2. The van der Waals surface area contributed by atoms with Gasteiger partial charge < -0.3 is 10.4 Å². The number of carbonyl (C=O) groups is 1. The number of nitrogens with one attached hydrogen (secondary N) is 1. The molecule has 2 N–H and O–H groups in total. The van der Waals surface area contributed by atoms with Gasteiger partial charge in [0.25, 0.3) is 0 Å². The van der Waals surface area contributed by atoms with E-state index in [-0.39, 0.29) is 0 Å². The van der Waals surface area contributed by atoms with Crippen molar-refractivity contribution in [1.82, 2.24) is 15.2 Å².